The average Bonchev–Trinajstić information content (AvgIpc) is 3.20. The third-order valence-corrected chi connectivity index (χ3v) is 4.64. The van der Waals surface area contributed by atoms with Crippen molar-refractivity contribution in [3.63, 3.8) is 0 Å². The summed E-state index contributed by atoms with van der Waals surface area (Å²) in [6, 6.07) is 13.4. The van der Waals surface area contributed by atoms with Crippen LogP contribution in [0.1, 0.15) is 43.8 Å². The highest BCUT2D eigenvalue weighted by atomic mass is 16.2. The van der Waals surface area contributed by atoms with Crippen molar-refractivity contribution in [2.45, 2.75) is 12.5 Å². The van der Waals surface area contributed by atoms with Crippen LogP contribution in [-0.4, -0.2) is 32.2 Å². The monoisotopic (exact) mass is 317 g/mol. The fourth-order valence-electron chi connectivity index (χ4n) is 3.58. The highest BCUT2D eigenvalue weighted by molar-refractivity contribution is 6.21. The van der Waals surface area contributed by atoms with E-state index in [4.69, 9.17) is 0 Å². The molecule has 24 heavy (non-hydrogen) atoms. The van der Waals surface area contributed by atoms with Gasteiger partial charge in [0.15, 0.2) is 0 Å². The Morgan fingerprint density at radius 2 is 1.50 bits per heavy atom. The Bertz CT molecular complexity index is 1030. The van der Waals surface area contributed by atoms with Gasteiger partial charge in [0.25, 0.3) is 11.8 Å². The standard InChI is InChI=1S/C18H11N3O3/c22-15-9-14(16-19-12-7-3-4-8-13(12)20(15)16)21-17(23)10-5-1-2-6-11(10)18(21)24/h1-8,14H,9H2. The number of aromatic nitrogens is 2. The first-order valence-electron chi connectivity index (χ1n) is 7.64. The predicted molar refractivity (Wildman–Crippen MR) is 84.7 cm³/mol. The third-order valence-electron chi connectivity index (χ3n) is 4.64. The Labute approximate surface area is 136 Å². The van der Waals surface area contributed by atoms with Gasteiger partial charge in [0.1, 0.15) is 11.9 Å². The molecule has 1 aromatic heterocycles. The first-order chi connectivity index (χ1) is 11.7. The zero-order valence-corrected chi connectivity index (χ0v) is 12.5. The molecule has 2 aliphatic rings. The van der Waals surface area contributed by atoms with Crippen LogP contribution in [0.5, 0.6) is 0 Å². The zero-order chi connectivity index (χ0) is 16.4. The van der Waals surface area contributed by atoms with Gasteiger partial charge in [-0.15, -0.1) is 0 Å². The first-order valence-corrected chi connectivity index (χ1v) is 7.64. The highest BCUT2D eigenvalue weighted by Gasteiger charge is 2.46. The molecule has 6 nitrogen and oxygen atoms in total. The molecule has 1 unspecified atom stereocenters. The molecule has 2 aromatic carbocycles. The number of carbonyl (C=O) groups excluding carboxylic acids is 3. The number of amides is 2. The number of hydrogen-bond acceptors (Lipinski definition) is 4. The maximum Gasteiger partial charge on any atom is 0.262 e. The van der Waals surface area contributed by atoms with E-state index < -0.39 is 6.04 Å². The summed E-state index contributed by atoms with van der Waals surface area (Å²) in [5.74, 6) is -0.432. The lowest BCUT2D eigenvalue weighted by Gasteiger charge is -2.19. The summed E-state index contributed by atoms with van der Waals surface area (Å²) in [4.78, 5) is 43.5. The second kappa shape index (κ2) is 4.38. The second-order valence-electron chi connectivity index (χ2n) is 5.93. The molecule has 1 atom stereocenters. The predicted octanol–water partition coefficient (Wildman–Crippen LogP) is 2.42. The molecule has 2 aliphatic heterocycles. The van der Waals surface area contributed by atoms with Crippen LogP contribution in [0.4, 0.5) is 0 Å². The van der Waals surface area contributed by atoms with Crippen molar-refractivity contribution in [3.8, 4) is 0 Å². The molecule has 3 aromatic rings. The summed E-state index contributed by atoms with van der Waals surface area (Å²) in [5.41, 5.74) is 2.15. The summed E-state index contributed by atoms with van der Waals surface area (Å²) >= 11 is 0. The Kier molecular flexibility index (Phi) is 2.41. The quantitative estimate of drug-likeness (QED) is 0.646. The van der Waals surface area contributed by atoms with Crippen LogP contribution in [0.2, 0.25) is 0 Å². The van der Waals surface area contributed by atoms with Gasteiger partial charge in [0.2, 0.25) is 5.91 Å². The number of rotatable bonds is 1. The van der Waals surface area contributed by atoms with E-state index in [1.165, 1.54) is 9.47 Å². The summed E-state index contributed by atoms with van der Waals surface area (Å²) in [7, 11) is 0. The van der Waals surface area contributed by atoms with E-state index in [1.54, 1.807) is 24.3 Å². The molecule has 0 N–H and O–H groups in total. The summed E-state index contributed by atoms with van der Waals surface area (Å²) in [6.07, 6.45) is 0.0681. The lowest BCUT2D eigenvalue weighted by atomic mass is 10.1. The molecule has 0 bridgehead atoms. The minimum absolute atomic E-state index is 0.0681. The van der Waals surface area contributed by atoms with E-state index in [0.29, 0.717) is 28.0 Å². The summed E-state index contributed by atoms with van der Waals surface area (Å²) < 4.78 is 1.52. The van der Waals surface area contributed by atoms with E-state index in [1.807, 2.05) is 24.3 Å². The molecular weight excluding hydrogens is 306 g/mol. The summed E-state index contributed by atoms with van der Waals surface area (Å²) in [5, 5.41) is 0. The Hall–Kier alpha value is -3.28. The maximum atomic E-state index is 12.7. The largest absolute Gasteiger partial charge is 0.274 e. The molecule has 0 spiro atoms. The van der Waals surface area contributed by atoms with Crippen LogP contribution < -0.4 is 0 Å². The minimum atomic E-state index is -0.655. The van der Waals surface area contributed by atoms with Crippen molar-refractivity contribution in [3.05, 3.63) is 65.5 Å². The lowest BCUT2D eigenvalue weighted by Crippen LogP contribution is -2.33. The van der Waals surface area contributed by atoms with Gasteiger partial charge in [0, 0.05) is 0 Å². The normalized spacial score (nSPS) is 19.2. The van der Waals surface area contributed by atoms with Crippen LogP contribution in [-0.2, 0) is 0 Å². The van der Waals surface area contributed by atoms with E-state index >= 15 is 0 Å². The number of imidazole rings is 1. The van der Waals surface area contributed by atoms with Crippen LogP contribution in [0, 0.1) is 0 Å². The molecular formula is C18H11N3O3. The van der Waals surface area contributed by atoms with Gasteiger partial charge >= 0.3 is 0 Å². The first kappa shape index (κ1) is 13.2. The molecule has 0 fully saturated rings. The van der Waals surface area contributed by atoms with Gasteiger partial charge in [-0.3, -0.25) is 23.9 Å². The molecule has 0 radical (unpaired) electrons. The highest BCUT2D eigenvalue weighted by Crippen LogP contribution is 2.38. The lowest BCUT2D eigenvalue weighted by molar-refractivity contribution is 0.0577. The van der Waals surface area contributed by atoms with Crippen molar-refractivity contribution < 1.29 is 14.4 Å². The number of imide groups is 1. The average molecular weight is 317 g/mol. The van der Waals surface area contributed by atoms with E-state index in [9.17, 15) is 14.4 Å². The number of para-hydroxylation sites is 2. The number of fused-ring (bicyclic) bond motifs is 4. The number of nitrogens with zero attached hydrogens (tertiary/aromatic N) is 3. The second-order valence-corrected chi connectivity index (χ2v) is 5.93. The van der Waals surface area contributed by atoms with Gasteiger partial charge < -0.3 is 0 Å². The van der Waals surface area contributed by atoms with Crippen molar-refractivity contribution in [1.82, 2.24) is 14.5 Å². The van der Waals surface area contributed by atoms with E-state index in [2.05, 4.69) is 4.98 Å². The molecule has 2 amide bonds. The molecule has 6 heteroatoms. The molecule has 0 aliphatic carbocycles. The number of benzene rings is 2. The van der Waals surface area contributed by atoms with Crippen molar-refractivity contribution in [2.75, 3.05) is 0 Å². The Balaban J connectivity index is 1.68. The third kappa shape index (κ3) is 1.49. The molecule has 5 rings (SSSR count). The van der Waals surface area contributed by atoms with Crippen LogP contribution >= 0.6 is 0 Å². The Morgan fingerprint density at radius 3 is 2.21 bits per heavy atom. The number of carbonyl (C=O) groups is 3. The fraction of sp³-hybridized carbons (Fsp3) is 0.111. The maximum absolute atomic E-state index is 12.7. The van der Waals surface area contributed by atoms with Crippen molar-refractivity contribution >= 4 is 28.8 Å². The van der Waals surface area contributed by atoms with E-state index in [-0.39, 0.29) is 24.1 Å². The topological polar surface area (TPSA) is 72.3 Å². The molecule has 3 heterocycles. The molecule has 0 saturated heterocycles. The van der Waals surface area contributed by atoms with Gasteiger partial charge in [-0.05, 0) is 24.3 Å². The molecule has 0 saturated carbocycles. The number of hydrogen-bond donors (Lipinski definition) is 0. The SMILES string of the molecule is O=C1c2ccccc2C(=O)N1C1CC(=O)n2c1nc1ccccc12. The van der Waals surface area contributed by atoms with Crippen LogP contribution in [0.3, 0.4) is 0 Å². The van der Waals surface area contributed by atoms with Crippen LogP contribution in [0.25, 0.3) is 11.0 Å². The van der Waals surface area contributed by atoms with Gasteiger partial charge in [0.05, 0.1) is 28.6 Å². The summed E-state index contributed by atoms with van der Waals surface area (Å²) in [6.45, 7) is 0. The Morgan fingerprint density at radius 1 is 0.875 bits per heavy atom. The zero-order valence-electron chi connectivity index (χ0n) is 12.5. The molecule has 116 valence electrons. The minimum Gasteiger partial charge on any atom is -0.274 e. The van der Waals surface area contributed by atoms with Gasteiger partial charge in [-0.1, -0.05) is 24.3 Å². The van der Waals surface area contributed by atoms with E-state index in [0.717, 1.165) is 0 Å². The van der Waals surface area contributed by atoms with Crippen molar-refractivity contribution in [2.24, 2.45) is 0 Å². The van der Waals surface area contributed by atoms with Crippen molar-refractivity contribution in [1.29, 1.82) is 0 Å². The fourth-order valence-corrected chi connectivity index (χ4v) is 3.58. The van der Waals surface area contributed by atoms with Gasteiger partial charge in [-0.2, -0.15) is 0 Å². The van der Waals surface area contributed by atoms with Crippen LogP contribution in [0.15, 0.2) is 48.5 Å². The smallest absolute Gasteiger partial charge is 0.262 e. The van der Waals surface area contributed by atoms with Gasteiger partial charge in [-0.25, -0.2) is 4.98 Å².